The molecule has 1 fully saturated rings. The molecule has 1 aliphatic rings. The van der Waals surface area contributed by atoms with Gasteiger partial charge in [-0.1, -0.05) is 0 Å². The quantitative estimate of drug-likeness (QED) is 0.338. The van der Waals surface area contributed by atoms with E-state index in [1.807, 2.05) is 0 Å². The van der Waals surface area contributed by atoms with E-state index in [0.717, 1.165) is 0 Å². The average Bonchev–Trinajstić information content (AvgIpc) is 2.08. The predicted molar refractivity (Wildman–Crippen MR) is 47.8 cm³/mol. The maximum absolute atomic E-state index is 9.23. The summed E-state index contributed by atoms with van der Waals surface area (Å²) in [5.41, 5.74) is 0. The lowest BCUT2D eigenvalue weighted by atomic mass is 10.0. The van der Waals surface area contributed by atoms with Crippen LogP contribution in [0.15, 0.2) is 0 Å². The lowest BCUT2D eigenvalue weighted by Gasteiger charge is -2.37. The average molecular weight is 287 g/mol. The third kappa shape index (κ3) is 1.88. The van der Waals surface area contributed by atoms with E-state index in [2.05, 4.69) is 0 Å². The van der Waals surface area contributed by atoms with E-state index in [1.165, 1.54) is 0 Å². The summed E-state index contributed by atoms with van der Waals surface area (Å²) in [7, 11) is 0. The molecule has 1 rings (SSSR count). The van der Waals surface area contributed by atoms with Crippen LogP contribution >= 0.6 is 22.6 Å². The molecule has 1 heterocycles. The van der Waals surface area contributed by atoms with Crippen molar-refractivity contribution in [3.05, 3.63) is 0 Å². The molecular formula is C6H11IO5. The molecule has 1 unspecified atom stereocenters. The lowest BCUT2D eigenvalue weighted by Crippen LogP contribution is -2.56. The molecule has 12 heavy (non-hydrogen) atoms. The first kappa shape index (κ1) is 10.6. The summed E-state index contributed by atoms with van der Waals surface area (Å²) >= 11 is 1.79. The van der Waals surface area contributed by atoms with Crippen LogP contribution in [0.5, 0.6) is 0 Å². The smallest absolute Gasteiger partial charge is 0.137 e. The Morgan fingerprint density at radius 2 is 1.67 bits per heavy atom. The molecule has 0 aromatic carbocycles. The molecule has 0 amide bonds. The Morgan fingerprint density at radius 3 is 2.17 bits per heavy atom. The fraction of sp³-hybridized carbons (Fsp3) is 1.00. The standard InChI is InChI=1S/C6H11IO5/c7-6-5(11)4(10)3(9)2(1-8)12-6/h2-6,8-11H,1H2/t2-,3-,4+,5-,6?/m1/s1/i7-3. The molecular weight excluding hydrogens is 276 g/mol. The van der Waals surface area contributed by atoms with E-state index in [1.54, 1.807) is 22.6 Å². The molecule has 0 aromatic heterocycles. The van der Waals surface area contributed by atoms with Gasteiger partial charge in [-0.2, -0.15) is 0 Å². The fourth-order valence-electron chi connectivity index (χ4n) is 1.06. The second-order valence-electron chi connectivity index (χ2n) is 2.68. The summed E-state index contributed by atoms with van der Waals surface area (Å²) in [6.45, 7) is -0.371. The van der Waals surface area contributed by atoms with Gasteiger partial charge < -0.3 is 25.2 Å². The molecule has 0 spiro atoms. The van der Waals surface area contributed by atoms with Gasteiger partial charge in [0, 0.05) is 0 Å². The van der Waals surface area contributed by atoms with E-state index in [4.69, 9.17) is 9.84 Å². The summed E-state index contributed by atoms with van der Waals surface area (Å²) in [5.74, 6) is 0. The van der Waals surface area contributed by atoms with E-state index < -0.39 is 28.5 Å². The van der Waals surface area contributed by atoms with E-state index in [0.29, 0.717) is 0 Å². The third-order valence-corrected chi connectivity index (χ3v) is 2.86. The maximum Gasteiger partial charge on any atom is 0.137 e. The Kier molecular flexibility index (Phi) is 3.68. The van der Waals surface area contributed by atoms with Crippen LogP contribution in [0.4, 0.5) is 0 Å². The largest absolute Gasteiger partial charge is 0.394 e. The van der Waals surface area contributed by atoms with Crippen LogP contribution in [0.2, 0.25) is 0 Å². The Hall–Kier alpha value is 0.530. The highest BCUT2D eigenvalue weighted by molar-refractivity contribution is 14.1. The monoisotopic (exact) mass is 287 g/mol. The van der Waals surface area contributed by atoms with Crippen LogP contribution in [0.1, 0.15) is 0 Å². The zero-order valence-electron chi connectivity index (χ0n) is 6.17. The molecule has 6 heteroatoms. The molecule has 0 radical (unpaired) electrons. The van der Waals surface area contributed by atoms with Gasteiger partial charge in [0.2, 0.25) is 0 Å². The van der Waals surface area contributed by atoms with Crippen molar-refractivity contribution < 1.29 is 25.2 Å². The second kappa shape index (κ2) is 4.16. The number of alkyl halides is 1. The molecule has 0 aromatic rings. The normalized spacial score (nSPS) is 49.2. The Bertz CT molecular complexity index is 150. The van der Waals surface area contributed by atoms with Crippen molar-refractivity contribution in [3.8, 4) is 0 Å². The van der Waals surface area contributed by atoms with Gasteiger partial charge in [0.25, 0.3) is 0 Å². The van der Waals surface area contributed by atoms with E-state index >= 15 is 0 Å². The Morgan fingerprint density at radius 1 is 1.08 bits per heavy atom. The van der Waals surface area contributed by atoms with Gasteiger partial charge in [-0.25, -0.2) is 0 Å². The molecule has 0 aliphatic carbocycles. The first-order chi connectivity index (χ1) is 5.57. The van der Waals surface area contributed by atoms with Gasteiger partial charge in [0.15, 0.2) is 0 Å². The molecule has 4 N–H and O–H groups in total. The number of hydrogen-bond acceptors (Lipinski definition) is 5. The molecule has 1 aliphatic heterocycles. The SMILES string of the molecule is OC[C@H]1OC([124I])[C@H](O)[C@@H](O)[C@@H]1O. The number of aliphatic hydroxyl groups is 4. The van der Waals surface area contributed by atoms with Crippen LogP contribution in [-0.2, 0) is 4.74 Å². The lowest BCUT2D eigenvalue weighted by molar-refractivity contribution is -0.201. The van der Waals surface area contributed by atoms with Crippen LogP contribution in [-0.4, -0.2) is 55.6 Å². The van der Waals surface area contributed by atoms with Crippen LogP contribution in [0, 0.1) is 0 Å². The van der Waals surface area contributed by atoms with Crippen molar-refractivity contribution >= 4 is 22.6 Å². The summed E-state index contributed by atoms with van der Waals surface area (Å²) < 4.78 is 4.41. The topological polar surface area (TPSA) is 90.2 Å². The minimum Gasteiger partial charge on any atom is -0.394 e. The number of aliphatic hydroxyl groups excluding tert-OH is 4. The number of rotatable bonds is 1. The van der Waals surface area contributed by atoms with Gasteiger partial charge in [0.1, 0.15) is 28.5 Å². The van der Waals surface area contributed by atoms with Crippen molar-refractivity contribution in [2.24, 2.45) is 0 Å². The molecule has 5 nitrogen and oxygen atoms in total. The van der Waals surface area contributed by atoms with E-state index in [9.17, 15) is 15.3 Å². The van der Waals surface area contributed by atoms with Crippen molar-refractivity contribution in [3.63, 3.8) is 0 Å². The van der Waals surface area contributed by atoms with E-state index in [-0.39, 0.29) is 6.61 Å². The van der Waals surface area contributed by atoms with Crippen LogP contribution in [0.3, 0.4) is 0 Å². The van der Waals surface area contributed by atoms with Gasteiger partial charge in [-0.15, -0.1) is 0 Å². The van der Waals surface area contributed by atoms with Gasteiger partial charge in [-0.05, 0) is 22.6 Å². The molecule has 0 saturated carbocycles. The molecule has 5 atom stereocenters. The second-order valence-corrected chi connectivity index (χ2v) is 3.91. The minimum atomic E-state index is -1.25. The highest BCUT2D eigenvalue weighted by atomic mass is 124. The van der Waals surface area contributed by atoms with Gasteiger partial charge in [0.05, 0.1) is 6.61 Å². The third-order valence-electron chi connectivity index (χ3n) is 1.83. The number of hydrogen-bond donors (Lipinski definition) is 4. The first-order valence-corrected chi connectivity index (χ1v) is 4.77. The summed E-state index contributed by atoms with van der Waals surface area (Å²) in [5, 5.41) is 36.4. The predicted octanol–water partition coefficient (Wildman–Crippen LogP) is -1.78. The summed E-state index contributed by atoms with van der Waals surface area (Å²) in [6, 6.07) is 0. The molecule has 0 bridgehead atoms. The van der Waals surface area contributed by atoms with Gasteiger partial charge >= 0.3 is 0 Å². The number of halogens is 1. The maximum atomic E-state index is 9.23. The minimum absolute atomic E-state index is 0.371. The van der Waals surface area contributed by atoms with Crippen molar-refractivity contribution in [1.29, 1.82) is 0 Å². The molecule has 72 valence electrons. The van der Waals surface area contributed by atoms with Crippen molar-refractivity contribution in [2.75, 3.05) is 6.61 Å². The zero-order chi connectivity index (χ0) is 9.30. The van der Waals surface area contributed by atoms with Crippen molar-refractivity contribution in [1.82, 2.24) is 0 Å². The van der Waals surface area contributed by atoms with Crippen LogP contribution < -0.4 is 0 Å². The zero-order valence-corrected chi connectivity index (χ0v) is 8.33. The number of ether oxygens (including phenoxy) is 1. The van der Waals surface area contributed by atoms with Crippen molar-refractivity contribution in [2.45, 2.75) is 28.5 Å². The molecule has 1 saturated heterocycles. The highest BCUT2D eigenvalue weighted by Gasteiger charge is 2.42. The Balaban J connectivity index is 2.63. The van der Waals surface area contributed by atoms with Gasteiger partial charge in [-0.3, -0.25) is 0 Å². The summed E-state index contributed by atoms with van der Waals surface area (Å²) in [6.07, 6.45) is -4.40. The Labute approximate surface area is 83.1 Å². The highest BCUT2D eigenvalue weighted by Crippen LogP contribution is 2.24. The first-order valence-electron chi connectivity index (χ1n) is 3.52. The summed E-state index contributed by atoms with van der Waals surface area (Å²) in [4.78, 5) is 0. The van der Waals surface area contributed by atoms with Crippen LogP contribution in [0.25, 0.3) is 0 Å². The fourth-order valence-corrected chi connectivity index (χ4v) is 1.86.